The maximum absolute atomic E-state index is 12.1. The molecule has 1 aliphatic heterocycles. The summed E-state index contributed by atoms with van der Waals surface area (Å²) in [6.07, 6.45) is 0. The minimum absolute atomic E-state index is 0.0322. The van der Waals surface area contributed by atoms with E-state index >= 15 is 0 Å². The number of ketones is 1. The molecule has 1 fully saturated rings. The van der Waals surface area contributed by atoms with Crippen LogP contribution in [0.15, 0.2) is 45.6 Å². The maximum Gasteiger partial charge on any atom is 0.200 e. The Morgan fingerprint density at radius 1 is 1.11 bits per heavy atom. The minimum Gasteiger partial charge on any atom is -0.486 e. The van der Waals surface area contributed by atoms with Gasteiger partial charge in [-0.15, -0.1) is 0 Å². The number of benzene rings is 1. The topological polar surface area (TPSA) is 69.0 Å². The Kier molecular flexibility index (Phi) is 5.65. The number of hydrogen-bond donors (Lipinski definition) is 0. The molecule has 6 heteroatoms. The Morgan fingerprint density at radius 2 is 1.78 bits per heavy atom. The van der Waals surface area contributed by atoms with Gasteiger partial charge in [-0.05, 0) is 24.3 Å². The van der Waals surface area contributed by atoms with Gasteiger partial charge in [0.25, 0.3) is 0 Å². The number of rotatable bonds is 5. The zero-order chi connectivity index (χ0) is 19.4. The molecule has 2 aromatic rings. The van der Waals surface area contributed by atoms with Crippen LogP contribution in [0, 0.1) is 5.41 Å². The summed E-state index contributed by atoms with van der Waals surface area (Å²) in [5.41, 5.74) is 0.245. The van der Waals surface area contributed by atoms with E-state index in [4.69, 9.17) is 13.9 Å². The van der Waals surface area contributed by atoms with Crippen molar-refractivity contribution in [3.63, 3.8) is 0 Å². The van der Waals surface area contributed by atoms with E-state index in [1.54, 1.807) is 12.1 Å². The molecule has 27 heavy (non-hydrogen) atoms. The van der Waals surface area contributed by atoms with Crippen molar-refractivity contribution in [2.75, 3.05) is 37.8 Å². The van der Waals surface area contributed by atoms with Crippen molar-refractivity contribution in [2.24, 2.45) is 5.41 Å². The van der Waals surface area contributed by atoms with Crippen LogP contribution in [0.1, 0.15) is 20.8 Å². The highest BCUT2D eigenvalue weighted by molar-refractivity contribution is 5.85. The van der Waals surface area contributed by atoms with Crippen LogP contribution in [0.5, 0.6) is 5.75 Å². The van der Waals surface area contributed by atoms with Gasteiger partial charge >= 0.3 is 0 Å². The van der Waals surface area contributed by atoms with Gasteiger partial charge in [0.05, 0.1) is 13.2 Å². The lowest BCUT2D eigenvalue weighted by molar-refractivity contribution is -0.128. The molecule has 0 spiro atoms. The molecule has 2 heterocycles. The van der Waals surface area contributed by atoms with E-state index < -0.39 is 5.41 Å². The number of anilines is 1. The van der Waals surface area contributed by atoms with Crippen LogP contribution in [-0.4, -0.2) is 38.7 Å². The molecule has 1 aliphatic rings. The molecule has 0 unspecified atom stereocenters. The zero-order valence-electron chi connectivity index (χ0n) is 16.0. The minimum atomic E-state index is -0.427. The third kappa shape index (κ3) is 4.98. The number of morpholine rings is 1. The van der Waals surface area contributed by atoms with Crippen molar-refractivity contribution in [2.45, 2.75) is 20.8 Å². The van der Waals surface area contributed by atoms with E-state index in [-0.39, 0.29) is 17.8 Å². The van der Waals surface area contributed by atoms with E-state index in [2.05, 4.69) is 0 Å². The fraction of sp³-hybridized carbons (Fsp3) is 0.429. The fourth-order valence-corrected chi connectivity index (χ4v) is 2.63. The van der Waals surface area contributed by atoms with Crippen molar-refractivity contribution in [1.82, 2.24) is 0 Å². The maximum atomic E-state index is 12.1. The highest BCUT2D eigenvalue weighted by atomic mass is 16.5. The summed E-state index contributed by atoms with van der Waals surface area (Å²) in [6.45, 7) is 8.26. The Balaban J connectivity index is 1.74. The van der Waals surface area contributed by atoms with Crippen molar-refractivity contribution < 1.29 is 18.7 Å². The van der Waals surface area contributed by atoms with Crippen LogP contribution in [0.3, 0.4) is 0 Å². The standard InChI is InChI=1S/C21H25NO5/c1-21(2,3)19(24)14-26-17-6-4-15(5-7-17)18-12-16(23)13-20(27-18)22-8-10-25-11-9-22/h4-7,12-13H,8-11,14H2,1-3H3. The van der Waals surface area contributed by atoms with Gasteiger partial charge in [-0.25, -0.2) is 0 Å². The van der Waals surface area contributed by atoms with Crippen molar-refractivity contribution in [1.29, 1.82) is 0 Å². The summed E-state index contributed by atoms with van der Waals surface area (Å²) in [4.78, 5) is 26.1. The number of Topliss-reactive ketones (excluding diaryl/α,β-unsaturated/α-hetero) is 1. The van der Waals surface area contributed by atoms with Gasteiger partial charge in [0.15, 0.2) is 17.1 Å². The van der Waals surface area contributed by atoms with Gasteiger partial charge in [-0.3, -0.25) is 9.59 Å². The molecule has 144 valence electrons. The smallest absolute Gasteiger partial charge is 0.200 e. The summed E-state index contributed by atoms with van der Waals surface area (Å²) in [6, 6.07) is 10.2. The van der Waals surface area contributed by atoms with Gasteiger partial charge in [-0.2, -0.15) is 0 Å². The number of carbonyl (C=O) groups is 1. The fourth-order valence-electron chi connectivity index (χ4n) is 2.63. The lowest BCUT2D eigenvalue weighted by Gasteiger charge is -2.27. The first-order valence-corrected chi connectivity index (χ1v) is 9.07. The van der Waals surface area contributed by atoms with Crippen LogP contribution < -0.4 is 15.1 Å². The number of hydrogen-bond acceptors (Lipinski definition) is 6. The third-order valence-corrected chi connectivity index (χ3v) is 4.42. The summed E-state index contributed by atoms with van der Waals surface area (Å²) in [5.74, 6) is 1.69. The molecule has 0 aliphatic carbocycles. The molecule has 0 N–H and O–H groups in total. The predicted molar refractivity (Wildman–Crippen MR) is 103 cm³/mol. The van der Waals surface area contributed by atoms with Gasteiger partial charge in [0, 0.05) is 36.2 Å². The second-order valence-electron chi connectivity index (χ2n) is 7.58. The summed E-state index contributed by atoms with van der Waals surface area (Å²) in [5, 5.41) is 0. The first-order chi connectivity index (χ1) is 12.8. The van der Waals surface area contributed by atoms with E-state index in [9.17, 15) is 9.59 Å². The molecule has 0 atom stereocenters. The Morgan fingerprint density at radius 3 is 2.41 bits per heavy atom. The lowest BCUT2D eigenvalue weighted by Crippen LogP contribution is -2.36. The highest BCUT2D eigenvalue weighted by Crippen LogP contribution is 2.26. The average molecular weight is 371 g/mol. The molecule has 0 radical (unpaired) electrons. The second-order valence-corrected chi connectivity index (χ2v) is 7.58. The molecule has 1 aromatic heterocycles. The molecule has 1 saturated heterocycles. The Bertz CT molecular complexity index is 842. The van der Waals surface area contributed by atoms with Gasteiger partial charge < -0.3 is 18.8 Å². The quantitative estimate of drug-likeness (QED) is 0.804. The van der Waals surface area contributed by atoms with Gasteiger partial charge in [-0.1, -0.05) is 20.8 Å². The van der Waals surface area contributed by atoms with Crippen LogP contribution in [0.4, 0.5) is 5.88 Å². The molecule has 0 amide bonds. The normalized spacial score (nSPS) is 14.9. The van der Waals surface area contributed by atoms with Crippen LogP contribution in [-0.2, 0) is 9.53 Å². The molecule has 1 aromatic carbocycles. The number of ether oxygens (including phenoxy) is 2. The second kappa shape index (κ2) is 7.96. The van der Waals surface area contributed by atoms with Gasteiger partial charge in [0.2, 0.25) is 0 Å². The van der Waals surface area contributed by atoms with E-state index in [1.807, 2.05) is 37.8 Å². The highest BCUT2D eigenvalue weighted by Gasteiger charge is 2.21. The van der Waals surface area contributed by atoms with Crippen molar-refractivity contribution >= 4 is 11.7 Å². The molecule has 3 rings (SSSR count). The zero-order valence-corrected chi connectivity index (χ0v) is 16.0. The molecular formula is C21H25NO5. The van der Waals surface area contributed by atoms with E-state index in [0.29, 0.717) is 43.7 Å². The average Bonchev–Trinajstić information content (AvgIpc) is 2.66. The number of carbonyl (C=O) groups excluding carboxylic acids is 1. The van der Waals surface area contributed by atoms with E-state index in [0.717, 1.165) is 5.56 Å². The predicted octanol–water partition coefficient (Wildman–Crippen LogP) is 3.14. The lowest BCUT2D eigenvalue weighted by atomic mass is 9.91. The van der Waals surface area contributed by atoms with Gasteiger partial charge in [0.1, 0.15) is 18.1 Å². The number of nitrogens with zero attached hydrogens (tertiary/aromatic N) is 1. The molecule has 6 nitrogen and oxygen atoms in total. The largest absolute Gasteiger partial charge is 0.486 e. The summed E-state index contributed by atoms with van der Waals surface area (Å²) < 4.78 is 16.8. The van der Waals surface area contributed by atoms with Crippen LogP contribution in [0.25, 0.3) is 11.3 Å². The van der Waals surface area contributed by atoms with Crippen LogP contribution in [0.2, 0.25) is 0 Å². The Hall–Kier alpha value is -2.60. The van der Waals surface area contributed by atoms with Crippen molar-refractivity contribution in [3.8, 4) is 17.1 Å². The SMILES string of the molecule is CC(C)(C)C(=O)COc1ccc(-c2cc(=O)cc(N3CCOCC3)o2)cc1. The third-order valence-electron chi connectivity index (χ3n) is 4.42. The molecular weight excluding hydrogens is 346 g/mol. The molecule has 0 bridgehead atoms. The van der Waals surface area contributed by atoms with Crippen molar-refractivity contribution in [3.05, 3.63) is 46.6 Å². The summed E-state index contributed by atoms with van der Waals surface area (Å²) in [7, 11) is 0. The van der Waals surface area contributed by atoms with E-state index in [1.165, 1.54) is 12.1 Å². The summed E-state index contributed by atoms with van der Waals surface area (Å²) >= 11 is 0. The first kappa shape index (κ1) is 19.2. The first-order valence-electron chi connectivity index (χ1n) is 9.07. The Labute approximate surface area is 158 Å². The monoisotopic (exact) mass is 371 g/mol. The molecule has 0 saturated carbocycles. The van der Waals surface area contributed by atoms with Crippen LogP contribution >= 0.6 is 0 Å².